The van der Waals surface area contributed by atoms with Crippen molar-refractivity contribution in [1.82, 2.24) is 29.2 Å². The zero-order valence-corrected chi connectivity index (χ0v) is 14.7. The van der Waals surface area contributed by atoms with Gasteiger partial charge in [0.15, 0.2) is 5.65 Å². The minimum Gasteiger partial charge on any atom is -0.352 e. The molecule has 4 rings (SSSR count). The summed E-state index contributed by atoms with van der Waals surface area (Å²) in [6.45, 7) is 4.85. The molecule has 0 atom stereocenters. The molecule has 1 amide bonds. The number of fused-ring (bicyclic) bond motifs is 1. The van der Waals surface area contributed by atoms with Gasteiger partial charge in [-0.25, -0.2) is 9.97 Å². The van der Waals surface area contributed by atoms with Crippen LogP contribution >= 0.6 is 0 Å². The van der Waals surface area contributed by atoms with E-state index in [0.29, 0.717) is 13.1 Å². The third kappa shape index (κ3) is 2.54. The molecule has 4 heterocycles. The van der Waals surface area contributed by atoms with Crippen molar-refractivity contribution in [1.29, 1.82) is 0 Å². The molecular weight excluding hydrogens is 318 g/mol. The zero-order chi connectivity index (χ0) is 17.6. The Labute approximate surface area is 145 Å². The van der Waals surface area contributed by atoms with E-state index < -0.39 is 0 Å². The van der Waals surface area contributed by atoms with Crippen molar-refractivity contribution in [3.63, 3.8) is 0 Å². The lowest BCUT2D eigenvalue weighted by molar-refractivity contribution is 0.0736. The maximum atomic E-state index is 12.7. The van der Waals surface area contributed by atoms with Gasteiger partial charge in [-0.3, -0.25) is 9.48 Å². The van der Waals surface area contributed by atoms with Crippen LogP contribution in [-0.2, 0) is 14.1 Å². The average Bonchev–Trinajstić information content (AvgIpc) is 3.18. The molecule has 0 unspecified atom stereocenters. The van der Waals surface area contributed by atoms with E-state index in [9.17, 15) is 4.79 Å². The van der Waals surface area contributed by atoms with Crippen LogP contribution in [0.25, 0.3) is 11.0 Å². The number of nitrogens with zero attached hydrogens (tertiary/aromatic N) is 7. The molecule has 8 nitrogen and oxygen atoms in total. The Balaban J connectivity index is 1.51. The molecule has 8 heteroatoms. The first-order valence-electron chi connectivity index (χ1n) is 8.35. The Kier molecular flexibility index (Phi) is 3.67. The fourth-order valence-corrected chi connectivity index (χ4v) is 3.31. The molecule has 0 spiro atoms. The molecule has 1 aliphatic heterocycles. The second kappa shape index (κ2) is 5.87. The van der Waals surface area contributed by atoms with Crippen LogP contribution in [0, 0.1) is 6.92 Å². The Bertz CT molecular complexity index is 934. The summed E-state index contributed by atoms with van der Waals surface area (Å²) in [6, 6.07) is 3.87. The molecule has 0 bridgehead atoms. The number of hydrogen-bond acceptors (Lipinski definition) is 5. The molecular formula is C17H21N7O. The number of anilines is 1. The first kappa shape index (κ1) is 15.6. The largest absolute Gasteiger partial charge is 0.352 e. The number of aryl methyl sites for hydroxylation is 2. The lowest BCUT2D eigenvalue weighted by Gasteiger charge is -2.35. The van der Waals surface area contributed by atoms with Crippen LogP contribution in [0.5, 0.6) is 0 Å². The summed E-state index contributed by atoms with van der Waals surface area (Å²) < 4.78 is 3.69. The topological polar surface area (TPSA) is 72.1 Å². The second-order valence-electron chi connectivity index (χ2n) is 6.40. The highest BCUT2D eigenvalue weighted by Crippen LogP contribution is 2.23. The van der Waals surface area contributed by atoms with Crippen LogP contribution in [0.1, 0.15) is 16.2 Å². The molecule has 0 saturated carbocycles. The molecule has 1 saturated heterocycles. The van der Waals surface area contributed by atoms with Gasteiger partial charge in [-0.1, -0.05) is 0 Å². The molecule has 0 N–H and O–H groups in total. The predicted molar refractivity (Wildman–Crippen MR) is 94.6 cm³/mol. The smallest absolute Gasteiger partial charge is 0.270 e. The molecule has 3 aromatic rings. The predicted octanol–water partition coefficient (Wildman–Crippen LogP) is 0.973. The summed E-state index contributed by atoms with van der Waals surface area (Å²) in [5, 5.41) is 5.21. The van der Waals surface area contributed by atoms with Crippen LogP contribution in [0.3, 0.4) is 0 Å². The number of aromatic nitrogens is 5. The lowest BCUT2D eigenvalue weighted by Crippen LogP contribution is -2.49. The van der Waals surface area contributed by atoms with E-state index in [-0.39, 0.29) is 5.91 Å². The summed E-state index contributed by atoms with van der Waals surface area (Å²) in [5.74, 6) is 0.976. The number of amides is 1. The van der Waals surface area contributed by atoms with Gasteiger partial charge in [0.05, 0.1) is 11.6 Å². The molecule has 25 heavy (non-hydrogen) atoms. The molecule has 0 radical (unpaired) electrons. The van der Waals surface area contributed by atoms with Crippen LogP contribution in [0.2, 0.25) is 0 Å². The van der Waals surface area contributed by atoms with Gasteiger partial charge in [-0.15, -0.1) is 0 Å². The van der Waals surface area contributed by atoms with Crippen molar-refractivity contribution >= 4 is 22.8 Å². The van der Waals surface area contributed by atoms with E-state index in [0.717, 1.165) is 41.3 Å². The highest BCUT2D eigenvalue weighted by atomic mass is 16.2. The van der Waals surface area contributed by atoms with E-state index in [1.807, 2.05) is 42.6 Å². The van der Waals surface area contributed by atoms with E-state index in [1.165, 1.54) is 0 Å². The van der Waals surface area contributed by atoms with Crippen LogP contribution < -0.4 is 4.90 Å². The van der Waals surface area contributed by atoms with E-state index in [2.05, 4.69) is 20.0 Å². The molecule has 0 aromatic carbocycles. The number of carbonyl (C=O) groups excluding carboxylic acids is 1. The Hall–Kier alpha value is -2.90. The Morgan fingerprint density at radius 2 is 1.84 bits per heavy atom. The normalized spacial score (nSPS) is 15.2. The zero-order valence-electron chi connectivity index (χ0n) is 14.7. The van der Waals surface area contributed by atoms with E-state index in [1.54, 1.807) is 17.2 Å². The number of rotatable bonds is 2. The lowest BCUT2D eigenvalue weighted by atomic mass is 10.2. The summed E-state index contributed by atoms with van der Waals surface area (Å²) in [6.07, 6.45) is 3.37. The summed E-state index contributed by atoms with van der Waals surface area (Å²) in [7, 11) is 3.80. The Morgan fingerprint density at radius 3 is 2.52 bits per heavy atom. The maximum absolute atomic E-state index is 12.7. The van der Waals surface area contributed by atoms with Crippen LogP contribution in [-0.4, -0.2) is 61.3 Å². The SMILES string of the molecule is Cc1ccc(C(=O)N2CCN(c3ncnc4c3cnn4C)CC2)n1C. The van der Waals surface area contributed by atoms with Gasteiger partial charge in [-0.2, -0.15) is 5.10 Å². The van der Waals surface area contributed by atoms with E-state index >= 15 is 0 Å². The van der Waals surface area contributed by atoms with Gasteiger partial charge in [-0.05, 0) is 19.1 Å². The molecule has 1 aliphatic rings. The minimum atomic E-state index is 0.0875. The third-order valence-corrected chi connectivity index (χ3v) is 4.97. The number of piperazine rings is 1. The highest BCUT2D eigenvalue weighted by Gasteiger charge is 2.25. The minimum absolute atomic E-state index is 0.0875. The maximum Gasteiger partial charge on any atom is 0.270 e. The first-order chi connectivity index (χ1) is 12.1. The van der Waals surface area contributed by atoms with Gasteiger partial charge in [0.1, 0.15) is 17.8 Å². The van der Waals surface area contributed by atoms with Gasteiger partial charge in [0.25, 0.3) is 5.91 Å². The first-order valence-corrected chi connectivity index (χ1v) is 8.35. The molecule has 130 valence electrons. The van der Waals surface area contributed by atoms with Gasteiger partial charge < -0.3 is 14.4 Å². The Morgan fingerprint density at radius 1 is 1.08 bits per heavy atom. The standard InChI is InChI=1S/C17H21N7O/c1-12-4-5-14(21(12)2)17(25)24-8-6-23(7-9-24)16-13-10-20-22(3)15(13)18-11-19-16/h4-5,10-11H,6-9H2,1-3H3. The average molecular weight is 339 g/mol. The van der Waals surface area contributed by atoms with Crippen molar-refractivity contribution in [3.05, 3.63) is 36.0 Å². The van der Waals surface area contributed by atoms with E-state index in [4.69, 9.17) is 0 Å². The highest BCUT2D eigenvalue weighted by molar-refractivity contribution is 5.93. The second-order valence-corrected chi connectivity index (χ2v) is 6.40. The fourth-order valence-electron chi connectivity index (χ4n) is 3.31. The summed E-state index contributed by atoms with van der Waals surface area (Å²) in [4.78, 5) is 25.6. The summed E-state index contributed by atoms with van der Waals surface area (Å²) >= 11 is 0. The van der Waals surface area contributed by atoms with Crippen molar-refractivity contribution in [2.75, 3.05) is 31.1 Å². The quantitative estimate of drug-likeness (QED) is 0.696. The van der Waals surface area contributed by atoms with Crippen molar-refractivity contribution < 1.29 is 4.79 Å². The van der Waals surface area contributed by atoms with Gasteiger partial charge >= 0.3 is 0 Å². The third-order valence-electron chi connectivity index (χ3n) is 4.97. The van der Waals surface area contributed by atoms with Crippen LogP contribution in [0.4, 0.5) is 5.82 Å². The monoisotopic (exact) mass is 339 g/mol. The van der Waals surface area contributed by atoms with Gasteiger partial charge in [0.2, 0.25) is 0 Å². The number of carbonyl (C=O) groups is 1. The van der Waals surface area contributed by atoms with Crippen molar-refractivity contribution in [2.24, 2.45) is 14.1 Å². The molecule has 3 aromatic heterocycles. The molecule has 0 aliphatic carbocycles. The number of hydrogen-bond donors (Lipinski definition) is 0. The molecule has 1 fully saturated rings. The van der Waals surface area contributed by atoms with Crippen molar-refractivity contribution in [2.45, 2.75) is 6.92 Å². The fraction of sp³-hybridized carbons (Fsp3) is 0.412. The van der Waals surface area contributed by atoms with Crippen molar-refractivity contribution in [3.8, 4) is 0 Å². The van der Waals surface area contributed by atoms with Crippen LogP contribution in [0.15, 0.2) is 24.7 Å². The summed E-state index contributed by atoms with van der Waals surface area (Å²) in [5.41, 5.74) is 2.65. The van der Waals surface area contributed by atoms with Gasteiger partial charge in [0, 0.05) is 46.0 Å².